The average molecular weight is 263 g/mol. The molecule has 17 heavy (non-hydrogen) atoms. The molecule has 0 aliphatic rings. The van der Waals surface area contributed by atoms with Gasteiger partial charge in [-0.15, -0.1) is 0 Å². The Morgan fingerprint density at radius 2 is 1.47 bits per heavy atom. The molecule has 1 heterocycles. The number of benzene rings is 2. The van der Waals surface area contributed by atoms with E-state index in [4.69, 9.17) is 8.76 Å². The monoisotopic (exact) mass is 263 g/mol. The standard InChI is InChI=1S/C12H8O2P.HOP/c13-15-12-8-4-2-6-10(12)9-5-1-3-7-11(9)14-15;1-2/h1-8H;2H/q+1;. The van der Waals surface area contributed by atoms with Gasteiger partial charge in [-0.1, -0.05) is 30.3 Å². The van der Waals surface area contributed by atoms with Crippen LogP contribution in [0.4, 0.5) is 0 Å². The molecule has 0 saturated heterocycles. The van der Waals surface area contributed by atoms with Gasteiger partial charge in [0.05, 0.1) is 0 Å². The van der Waals surface area contributed by atoms with Crippen LogP contribution in [0.1, 0.15) is 0 Å². The third-order valence-electron chi connectivity index (χ3n) is 2.46. The topological polar surface area (TPSA) is 47.3 Å². The summed E-state index contributed by atoms with van der Waals surface area (Å²) in [7, 11) is -0.0219. The van der Waals surface area contributed by atoms with E-state index < -0.39 is 7.65 Å². The summed E-state index contributed by atoms with van der Waals surface area (Å²) in [5, 5.41) is 2.81. The fourth-order valence-electron chi connectivity index (χ4n) is 1.77. The molecule has 1 unspecified atom stereocenters. The molecular formula is C12H9O3P2+. The summed E-state index contributed by atoms with van der Waals surface area (Å²) in [4.78, 5) is 0. The minimum Gasteiger partial charge on any atom is -0.279 e. The second kappa shape index (κ2) is 5.18. The van der Waals surface area contributed by atoms with Gasteiger partial charge in [-0.05, 0) is 22.8 Å². The molecule has 1 aromatic heterocycles. The zero-order valence-corrected chi connectivity index (χ0v) is 10.7. The molecule has 3 rings (SSSR count). The molecule has 0 amide bonds. The largest absolute Gasteiger partial charge is 0.597 e. The van der Waals surface area contributed by atoms with E-state index in [1.165, 1.54) is 0 Å². The molecular weight excluding hydrogens is 254 g/mol. The van der Waals surface area contributed by atoms with Gasteiger partial charge in [0.25, 0.3) is 0 Å². The van der Waals surface area contributed by atoms with Crippen molar-refractivity contribution in [2.45, 2.75) is 0 Å². The molecule has 0 spiro atoms. The lowest BCUT2D eigenvalue weighted by Crippen LogP contribution is -1.73. The van der Waals surface area contributed by atoms with Crippen LogP contribution in [0.5, 0.6) is 0 Å². The van der Waals surface area contributed by atoms with Crippen molar-refractivity contribution >= 4 is 38.2 Å². The Hall–Kier alpha value is -1.56. The van der Waals surface area contributed by atoms with Gasteiger partial charge >= 0.3 is 7.65 Å². The van der Waals surface area contributed by atoms with Crippen LogP contribution in [-0.2, 0) is 9.13 Å². The summed E-state index contributed by atoms with van der Waals surface area (Å²) < 4.78 is 25.2. The maximum absolute atomic E-state index is 11.8. The lowest BCUT2D eigenvalue weighted by atomic mass is 10.1. The summed E-state index contributed by atoms with van der Waals surface area (Å²) in [6.45, 7) is 0. The number of rotatable bonds is 0. The van der Waals surface area contributed by atoms with Crippen molar-refractivity contribution in [1.29, 1.82) is 0 Å². The summed E-state index contributed by atoms with van der Waals surface area (Å²) in [6, 6.07) is 15.3. The molecule has 0 aliphatic carbocycles. The maximum Gasteiger partial charge on any atom is 0.597 e. The molecule has 84 valence electrons. The van der Waals surface area contributed by atoms with Crippen LogP contribution >= 0.6 is 16.8 Å². The minimum absolute atomic E-state index is 0.706. The van der Waals surface area contributed by atoms with E-state index in [0.717, 1.165) is 15.9 Å². The van der Waals surface area contributed by atoms with Gasteiger partial charge in [0.15, 0.2) is 5.58 Å². The number of hydrogen-bond acceptors (Lipinski definition) is 3. The van der Waals surface area contributed by atoms with Gasteiger partial charge in [0, 0.05) is 10.8 Å². The zero-order chi connectivity index (χ0) is 12.3. The smallest absolute Gasteiger partial charge is 0.279 e. The van der Waals surface area contributed by atoms with Gasteiger partial charge in [-0.3, -0.25) is 4.57 Å². The predicted octanol–water partition coefficient (Wildman–Crippen LogP) is 4.80. The van der Waals surface area contributed by atoms with Crippen molar-refractivity contribution in [2.75, 3.05) is 0 Å². The van der Waals surface area contributed by atoms with Crippen molar-refractivity contribution < 1.29 is 13.3 Å². The Kier molecular flexibility index (Phi) is 3.63. The normalized spacial score (nSPS) is 10.9. The highest BCUT2D eigenvalue weighted by molar-refractivity contribution is 7.37. The van der Waals surface area contributed by atoms with Crippen LogP contribution in [0, 0.1) is 0 Å². The van der Waals surface area contributed by atoms with E-state index >= 15 is 0 Å². The Bertz CT molecular complexity index is 721. The highest BCUT2D eigenvalue weighted by Crippen LogP contribution is 2.34. The molecule has 0 fully saturated rings. The molecule has 3 aromatic rings. The van der Waals surface area contributed by atoms with E-state index in [1.54, 1.807) is 9.12 Å². The fraction of sp³-hybridized carbons (Fsp3) is 0. The zero-order valence-electron chi connectivity index (χ0n) is 8.79. The van der Waals surface area contributed by atoms with Crippen molar-refractivity contribution in [3.05, 3.63) is 48.5 Å². The Morgan fingerprint density at radius 3 is 2.24 bits per heavy atom. The van der Waals surface area contributed by atoms with Crippen LogP contribution in [0.3, 0.4) is 0 Å². The maximum atomic E-state index is 11.8. The molecule has 0 radical (unpaired) electrons. The average Bonchev–Trinajstić information content (AvgIpc) is 2.42. The molecule has 0 bridgehead atoms. The van der Waals surface area contributed by atoms with Crippen LogP contribution in [-0.4, -0.2) is 0 Å². The highest BCUT2D eigenvalue weighted by atomic mass is 31.1. The SMILES string of the molecule is O=P.O=[p+]1oc2ccccc2c2ccccc21. The number of para-hydroxylation sites is 1. The van der Waals surface area contributed by atoms with Crippen LogP contribution in [0.2, 0.25) is 0 Å². The fourth-order valence-corrected chi connectivity index (χ4v) is 2.80. The van der Waals surface area contributed by atoms with Gasteiger partial charge in [-0.25, -0.2) is 4.20 Å². The van der Waals surface area contributed by atoms with Gasteiger partial charge in [-0.2, -0.15) is 0 Å². The van der Waals surface area contributed by atoms with Crippen molar-refractivity contribution in [1.82, 2.24) is 0 Å². The first kappa shape index (κ1) is 11.9. The van der Waals surface area contributed by atoms with Crippen LogP contribution < -0.4 is 0 Å². The molecule has 1 atom stereocenters. The van der Waals surface area contributed by atoms with Crippen molar-refractivity contribution in [2.24, 2.45) is 0 Å². The van der Waals surface area contributed by atoms with E-state index in [-0.39, 0.29) is 0 Å². The second-order valence-corrected chi connectivity index (χ2v) is 4.54. The third kappa shape index (κ3) is 2.12. The Morgan fingerprint density at radius 1 is 0.882 bits per heavy atom. The molecule has 0 aliphatic heterocycles. The lowest BCUT2D eigenvalue weighted by Gasteiger charge is -1.94. The summed E-state index contributed by atoms with van der Waals surface area (Å²) in [5.74, 6) is 0. The third-order valence-corrected chi connectivity index (χ3v) is 3.61. The van der Waals surface area contributed by atoms with Gasteiger partial charge < -0.3 is 0 Å². The minimum atomic E-state index is -1.74. The van der Waals surface area contributed by atoms with Crippen LogP contribution in [0.25, 0.3) is 21.5 Å². The van der Waals surface area contributed by atoms with Gasteiger partial charge in [0.1, 0.15) is 9.12 Å². The van der Waals surface area contributed by atoms with E-state index in [1.807, 2.05) is 48.5 Å². The molecule has 2 aromatic carbocycles. The number of fused-ring (bicyclic) bond motifs is 3. The molecule has 0 saturated carbocycles. The number of hydrogen-bond donors (Lipinski definition) is 0. The lowest BCUT2D eigenvalue weighted by molar-refractivity contribution is 0.563. The highest BCUT2D eigenvalue weighted by Gasteiger charge is 2.14. The van der Waals surface area contributed by atoms with Crippen molar-refractivity contribution in [3.8, 4) is 0 Å². The Balaban J connectivity index is 0.000000514. The summed E-state index contributed by atoms with van der Waals surface area (Å²) in [5.41, 5.74) is 0.706. The van der Waals surface area contributed by atoms with Crippen molar-refractivity contribution in [3.63, 3.8) is 0 Å². The quantitative estimate of drug-likeness (QED) is 0.432. The van der Waals surface area contributed by atoms with E-state index in [2.05, 4.69) is 0 Å². The predicted molar refractivity (Wildman–Crippen MR) is 70.3 cm³/mol. The first-order chi connectivity index (χ1) is 8.36. The van der Waals surface area contributed by atoms with Gasteiger partial charge in [0.2, 0.25) is 5.12 Å². The Labute approximate surface area is 101 Å². The van der Waals surface area contributed by atoms with Crippen LogP contribution in [0.15, 0.2) is 52.7 Å². The first-order valence-corrected chi connectivity index (χ1v) is 6.49. The molecule has 0 N–H and O–H groups in total. The second-order valence-electron chi connectivity index (χ2n) is 3.36. The molecule has 5 heteroatoms. The first-order valence-electron chi connectivity index (χ1n) is 4.90. The van der Waals surface area contributed by atoms with E-state index in [0.29, 0.717) is 5.58 Å². The summed E-state index contributed by atoms with van der Waals surface area (Å²) >= 11 is 0. The van der Waals surface area contributed by atoms with E-state index in [9.17, 15) is 4.57 Å². The molecule has 3 nitrogen and oxygen atoms in total. The summed E-state index contributed by atoms with van der Waals surface area (Å²) in [6.07, 6.45) is 0.